The van der Waals surface area contributed by atoms with Crippen LogP contribution in [-0.4, -0.2) is 24.5 Å². The molecule has 1 aliphatic heterocycles. The van der Waals surface area contributed by atoms with Gasteiger partial charge in [0.25, 0.3) is 0 Å². The molecule has 0 radical (unpaired) electrons. The molecule has 5 heteroatoms. The van der Waals surface area contributed by atoms with Crippen LogP contribution in [0.2, 0.25) is 0 Å². The van der Waals surface area contributed by atoms with Crippen molar-refractivity contribution in [1.82, 2.24) is 10.6 Å². The van der Waals surface area contributed by atoms with Gasteiger partial charge in [0.1, 0.15) is 17.5 Å². The van der Waals surface area contributed by atoms with Crippen molar-refractivity contribution < 1.29 is 8.78 Å². The Morgan fingerprint density at radius 3 is 2.74 bits per heavy atom. The summed E-state index contributed by atoms with van der Waals surface area (Å²) < 4.78 is 27.2. The van der Waals surface area contributed by atoms with Crippen LogP contribution in [0.3, 0.4) is 0 Å². The van der Waals surface area contributed by atoms with E-state index in [2.05, 4.69) is 22.5 Å². The van der Waals surface area contributed by atoms with Gasteiger partial charge in [-0.3, -0.25) is 4.99 Å². The smallest absolute Gasteiger partial charge is 0.135 e. The molecule has 2 N–H and O–H groups in total. The Morgan fingerprint density at radius 2 is 2.04 bits per heavy atom. The highest BCUT2D eigenvalue weighted by atomic mass is 19.1. The molecule has 0 saturated heterocycles. The molecule has 1 heterocycles. The predicted octanol–water partition coefficient (Wildman–Crippen LogP) is 3.62. The van der Waals surface area contributed by atoms with Crippen molar-refractivity contribution in [3.63, 3.8) is 0 Å². The summed E-state index contributed by atoms with van der Waals surface area (Å²) in [5.74, 6) is -0.336. The van der Waals surface area contributed by atoms with Gasteiger partial charge in [-0.2, -0.15) is 0 Å². The monoisotopic (exact) mass is 319 g/mol. The lowest BCUT2D eigenvalue weighted by Crippen LogP contribution is -2.45. The first-order chi connectivity index (χ1) is 11.1. The van der Waals surface area contributed by atoms with Crippen molar-refractivity contribution in [3.8, 4) is 0 Å². The number of hydrogen-bond acceptors (Lipinski definition) is 3. The minimum absolute atomic E-state index is 0.103. The molecule has 2 aliphatic rings. The summed E-state index contributed by atoms with van der Waals surface area (Å²) in [4.78, 5) is 4.57. The summed E-state index contributed by atoms with van der Waals surface area (Å²) in [5.41, 5.74) is 1.13. The summed E-state index contributed by atoms with van der Waals surface area (Å²) in [6.45, 7) is 3.45. The van der Waals surface area contributed by atoms with Gasteiger partial charge < -0.3 is 10.6 Å². The summed E-state index contributed by atoms with van der Waals surface area (Å²) in [7, 11) is 0. The zero-order valence-electron chi connectivity index (χ0n) is 13.5. The minimum atomic E-state index is -0.566. The number of amidine groups is 1. The number of nitrogens with zero attached hydrogens (tertiary/aromatic N) is 1. The third-order valence-electron chi connectivity index (χ3n) is 4.84. The molecule has 124 valence electrons. The summed E-state index contributed by atoms with van der Waals surface area (Å²) in [6, 6.07) is 3.66. The Morgan fingerprint density at radius 1 is 1.26 bits per heavy atom. The van der Waals surface area contributed by atoms with E-state index in [-0.39, 0.29) is 5.54 Å². The fourth-order valence-electron chi connectivity index (χ4n) is 3.45. The zero-order valence-corrected chi connectivity index (χ0v) is 13.5. The summed E-state index contributed by atoms with van der Waals surface area (Å²) >= 11 is 0. The first kappa shape index (κ1) is 16.0. The average molecular weight is 319 g/mol. The Balaban J connectivity index is 1.86. The van der Waals surface area contributed by atoms with E-state index in [9.17, 15) is 8.78 Å². The van der Waals surface area contributed by atoms with Crippen molar-refractivity contribution in [2.45, 2.75) is 44.6 Å². The Hall–Kier alpha value is -1.91. The van der Waals surface area contributed by atoms with Crippen molar-refractivity contribution >= 4 is 11.5 Å². The number of aliphatic imine (C=N–C) groups is 1. The molecule has 0 amide bonds. The van der Waals surface area contributed by atoms with E-state index in [1.165, 1.54) is 25.0 Å². The molecule has 3 rings (SSSR count). The third kappa shape index (κ3) is 3.54. The lowest BCUT2D eigenvalue weighted by Gasteiger charge is -2.30. The topological polar surface area (TPSA) is 36.4 Å². The number of benzene rings is 1. The van der Waals surface area contributed by atoms with Gasteiger partial charge in [0.15, 0.2) is 0 Å². The van der Waals surface area contributed by atoms with Crippen LogP contribution in [0.1, 0.15) is 44.6 Å². The van der Waals surface area contributed by atoms with Crippen LogP contribution < -0.4 is 10.6 Å². The van der Waals surface area contributed by atoms with E-state index >= 15 is 0 Å². The van der Waals surface area contributed by atoms with E-state index in [4.69, 9.17) is 0 Å². The normalized spacial score (nSPS) is 20.3. The first-order valence-electron chi connectivity index (χ1n) is 8.35. The van der Waals surface area contributed by atoms with Gasteiger partial charge in [-0.05, 0) is 31.4 Å². The summed E-state index contributed by atoms with van der Waals surface area (Å²) in [6.07, 6.45) is 7.64. The van der Waals surface area contributed by atoms with Crippen LogP contribution >= 0.6 is 0 Å². The summed E-state index contributed by atoms with van der Waals surface area (Å²) in [5, 5.41) is 6.78. The number of halogens is 2. The van der Waals surface area contributed by atoms with E-state index < -0.39 is 11.6 Å². The van der Waals surface area contributed by atoms with E-state index in [1.807, 2.05) is 6.08 Å². The Kier molecular flexibility index (Phi) is 4.64. The molecule has 1 aromatic carbocycles. The Labute approximate surface area is 135 Å². The molecule has 23 heavy (non-hydrogen) atoms. The highest BCUT2D eigenvalue weighted by Gasteiger charge is 2.32. The number of hydrogen-bond donors (Lipinski definition) is 2. The first-order valence-corrected chi connectivity index (χ1v) is 8.35. The van der Waals surface area contributed by atoms with Crippen molar-refractivity contribution in [2.24, 2.45) is 4.99 Å². The van der Waals surface area contributed by atoms with Crippen molar-refractivity contribution in [2.75, 3.05) is 13.1 Å². The van der Waals surface area contributed by atoms with Crippen LogP contribution in [-0.2, 0) is 0 Å². The van der Waals surface area contributed by atoms with Gasteiger partial charge in [-0.15, -0.1) is 0 Å². The fraction of sp³-hybridized carbons (Fsp3) is 0.500. The van der Waals surface area contributed by atoms with E-state index in [0.717, 1.165) is 31.2 Å². The Bertz CT molecular complexity index is 631. The average Bonchev–Trinajstić information content (AvgIpc) is 2.87. The van der Waals surface area contributed by atoms with Gasteiger partial charge in [0.2, 0.25) is 0 Å². The number of nitrogens with one attached hydrogen (secondary N) is 2. The largest absolute Gasteiger partial charge is 0.383 e. The van der Waals surface area contributed by atoms with Crippen LogP contribution in [0.5, 0.6) is 0 Å². The number of rotatable bonds is 3. The van der Waals surface area contributed by atoms with Gasteiger partial charge in [0, 0.05) is 35.5 Å². The standard InChI is InChI=1S/C18H23F2N3/c1-2-18(7-3-4-8-18)23-17-12-16(21-9-10-22-17)14-6-5-13(19)11-15(14)20/h5-6,11-12,21H,2-4,7-10H2,1H3,(H,22,23). The molecule has 3 nitrogen and oxygen atoms in total. The van der Waals surface area contributed by atoms with Crippen molar-refractivity contribution in [1.29, 1.82) is 0 Å². The lowest BCUT2D eigenvalue weighted by atomic mass is 9.94. The SMILES string of the molecule is CCC1(NC2=NCCNC(c3ccc(F)cc3F)=C2)CCCC1. The van der Waals surface area contributed by atoms with Crippen LogP contribution in [0.4, 0.5) is 8.78 Å². The quantitative estimate of drug-likeness (QED) is 0.893. The van der Waals surface area contributed by atoms with E-state index in [1.54, 1.807) is 0 Å². The second-order valence-electron chi connectivity index (χ2n) is 6.34. The van der Waals surface area contributed by atoms with Crippen LogP contribution in [0.25, 0.3) is 5.70 Å². The van der Waals surface area contributed by atoms with Crippen LogP contribution in [0.15, 0.2) is 29.3 Å². The van der Waals surface area contributed by atoms with Crippen molar-refractivity contribution in [3.05, 3.63) is 41.5 Å². The molecule has 0 spiro atoms. The van der Waals surface area contributed by atoms with Gasteiger partial charge in [-0.1, -0.05) is 19.8 Å². The maximum atomic E-state index is 14.1. The molecule has 1 saturated carbocycles. The molecular formula is C18H23F2N3. The van der Waals surface area contributed by atoms with Gasteiger partial charge in [-0.25, -0.2) is 8.78 Å². The predicted molar refractivity (Wildman–Crippen MR) is 89.3 cm³/mol. The van der Waals surface area contributed by atoms with Crippen LogP contribution in [0, 0.1) is 11.6 Å². The fourth-order valence-corrected chi connectivity index (χ4v) is 3.45. The highest BCUT2D eigenvalue weighted by molar-refractivity contribution is 5.99. The lowest BCUT2D eigenvalue weighted by molar-refractivity contribution is 0.376. The van der Waals surface area contributed by atoms with E-state index in [0.29, 0.717) is 24.4 Å². The minimum Gasteiger partial charge on any atom is -0.383 e. The highest BCUT2D eigenvalue weighted by Crippen LogP contribution is 2.32. The van der Waals surface area contributed by atoms with Gasteiger partial charge in [0.05, 0.1) is 6.54 Å². The molecule has 0 bridgehead atoms. The third-order valence-corrected chi connectivity index (χ3v) is 4.84. The molecule has 0 atom stereocenters. The maximum absolute atomic E-state index is 14.1. The zero-order chi connectivity index (χ0) is 16.3. The molecule has 1 aromatic rings. The molecule has 0 aromatic heterocycles. The molecule has 0 unspecified atom stereocenters. The molecular weight excluding hydrogens is 296 g/mol. The molecule has 1 aliphatic carbocycles. The maximum Gasteiger partial charge on any atom is 0.135 e. The van der Waals surface area contributed by atoms with Gasteiger partial charge >= 0.3 is 0 Å². The second-order valence-corrected chi connectivity index (χ2v) is 6.34. The molecule has 1 fully saturated rings. The second kappa shape index (κ2) is 6.69.